The molecular formula is C22H16INO4S. The number of aromatic carboxylic acids is 1. The molecule has 1 N–H and O–H groups in total. The fraction of sp³-hybridized carbons (Fsp3) is 0.182. The van der Waals surface area contributed by atoms with Gasteiger partial charge in [-0.1, -0.05) is 48.5 Å². The van der Waals surface area contributed by atoms with Gasteiger partial charge in [0.05, 0.1) is 13.1 Å². The summed E-state index contributed by atoms with van der Waals surface area (Å²) < 4.78 is 6.44. The first kappa shape index (κ1) is 18.6. The highest BCUT2D eigenvalue weighted by Gasteiger charge is 2.33. The molecule has 2 aliphatic rings. The Hall–Kier alpha value is -2.39. The lowest BCUT2D eigenvalue weighted by atomic mass is 9.98. The van der Waals surface area contributed by atoms with Crippen LogP contribution in [0, 0.1) is 3.57 Å². The summed E-state index contributed by atoms with van der Waals surface area (Å²) in [5.41, 5.74) is 5.69. The van der Waals surface area contributed by atoms with E-state index in [9.17, 15) is 14.7 Å². The van der Waals surface area contributed by atoms with Crippen molar-refractivity contribution in [2.75, 3.05) is 6.61 Å². The monoisotopic (exact) mass is 517 g/mol. The van der Waals surface area contributed by atoms with Crippen molar-refractivity contribution in [2.24, 2.45) is 0 Å². The number of carbonyl (C=O) groups is 2. The number of halogens is 1. The summed E-state index contributed by atoms with van der Waals surface area (Å²) in [5, 5.41) is 9.26. The Morgan fingerprint density at radius 3 is 2.28 bits per heavy atom. The number of ether oxygens (including phenoxy) is 1. The molecule has 0 bridgehead atoms. The highest BCUT2D eigenvalue weighted by Crippen LogP contribution is 2.44. The van der Waals surface area contributed by atoms with E-state index >= 15 is 0 Å². The van der Waals surface area contributed by atoms with E-state index in [0.29, 0.717) is 18.0 Å². The van der Waals surface area contributed by atoms with Crippen LogP contribution in [0.1, 0.15) is 37.2 Å². The molecule has 0 fully saturated rings. The summed E-state index contributed by atoms with van der Waals surface area (Å²) in [7, 11) is 0. The van der Waals surface area contributed by atoms with Crippen molar-refractivity contribution in [1.29, 1.82) is 0 Å². The fourth-order valence-corrected chi connectivity index (χ4v) is 6.44. The van der Waals surface area contributed by atoms with Gasteiger partial charge in [0.2, 0.25) is 0 Å². The second-order valence-corrected chi connectivity index (χ2v) is 9.30. The van der Waals surface area contributed by atoms with Gasteiger partial charge in [-0.25, -0.2) is 9.59 Å². The predicted octanol–water partition coefficient (Wildman–Crippen LogP) is 5.32. The van der Waals surface area contributed by atoms with Crippen LogP contribution in [0.5, 0.6) is 0 Å². The number of hydrogen-bond acceptors (Lipinski definition) is 4. The molecular weight excluding hydrogens is 501 g/mol. The zero-order chi connectivity index (χ0) is 20.1. The Labute approximate surface area is 185 Å². The van der Waals surface area contributed by atoms with Crippen molar-refractivity contribution in [3.63, 3.8) is 0 Å². The van der Waals surface area contributed by atoms with E-state index in [-0.39, 0.29) is 18.6 Å². The van der Waals surface area contributed by atoms with Crippen molar-refractivity contribution < 1.29 is 19.4 Å². The SMILES string of the molecule is O=C(O)c1sc2c(c1I)CN(C(=O)OCC1c3ccccc3-c3ccccc31)C2. The Morgan fingerprint density at radius 2 is 1.69 bits per heavy atom. The molecule has 0 saturated carbocycles. The third-order valence-electron chi connectivity index (χ3n) is 5.50. The van der Waals surface area contributed by atoms with Crippen molar-refractivity contribution in [3.8, 4) is 11.1 Å². The maximum atomic E-state index is 12.7. The van der Waals surface area contributed by atoms with Gasteiger partial charge < -0.3 is 9.84 Å². The molecule has 0 spiro atoms. The first-order valence-corrected chi connectivity index (χ1v) is 11.1. The van der Waals surface area contributed by atoms with Gasteiger partial charge in [-0.3, -0.25) is 4.90 Å². The van der Waals surface area contributed by atoms with Crippen LogP contribution >= 0.6 is 33.9 Å². The Morgan fingerprint density at radius 1 is 1.07 bits per heavy atom. The quantitative estimate of drug-likeness (QED) is 0.478. The van der Waals surface area contributed by atoms with Crippen LogP contribution in [0.3, 0.4) is 0 Å². The molecule has 3 aromatic rings. The lowest BCUT2D eigenvalue weighted by molar-refractivity contribution is 0.0701. The number of carboxylic acid groups (broad SMARTS) is 1. The average molecular weight is 517 g/mol. The van der Waals surface area contributed by atoms with E-state index in [2.05, 4.69) is 46.9 Å². The molecule has 146 valence electrons. The minimum atomic E-state index is -0.915. The van der Waals surface area contributed by atoms with Gasteiger partial charge in [-0.2, -0.15) is 0 Å². The highest BCUT2D eigenvalue weighted by molar-refractivity contribution is 14.1. The number of carboxylic acids is 1. The number of carbonyl (C=O) groups excluding carboxylic acids is 1. The number of hydrogen-bond donors (Lipinski definition) is 1. The highest BCUT2D eigenvalue weighted by atomic mass is 127. The minimum absolute atomic E-state index is 0.0294. The first-order chi connectivity index (χ1) is 14.0. The largest absolute Gasteiger partial charge is 0.477 e. The molecule has 2 aromatic carbocycles. The third-order valence-corrected chi connectivity index (χ3v) is 8.26. The molecule has 29 heavy (non-hydrogen) atoms. The molecule has 0 unspecified atom stereocenters. The number of nitrogens with zero attached hydrogens (tertiary/aromatic N) is 1. The lowest BCUT2D eigenvalue weighted by Gasteiger charge is -2.19. The summed E-state index contributed by atoms with van der Waals surface area (Å²) in [5.74, 6) is -0.886. The molecule has 0 atom stereocenters. The second kappa shape index (κ2) is 7.14. The second-order valence-electron chi connectivity index (χ2n) is 7.11. The van der Waals surface area contributed by atoms with E-state index in [1.54, 1.807) is 4.90 Å². The number of fused-ring (bicyclic) bond motifs is 4. The summed E-state index contributed by atoms with van der Waals surface area (Å²) in [6, 6.07) is 16.5. The standard InChI is InChI=1S/C22H16INO4S/c23-19-16-9-24(10-18(16)29-20(19)21(25)26)22(27)28-11-17-14-7-3-1-5-12(14)13-6-2-4-8-15(13)17/h1-8,17H,9-11H2,(H,25,26). The van der Waals surface area contributed by atoms with Crippen LogP contribution < -0.4 is 0 Å². The van der Waals surface area contributed by atoms with E-state index in [4.69, 9.17) is 4.74 Å². The molecule has 1 aliphatic carbocycles. The van der Waals surface area contributed by atoms with Crippen LogP contribution in [-0.4, -0.2) is 28.7 Å². The molecule has 0 radical (unpaired) electrons. The zero-order valence-corrected chi connectivity index (χ0v) is 18.2. The van der Waals surface area contributed by atoms with Gasteiger partial charge in [-0.05, 0) is 44.8 Å². The molecule has 7 heteroatoms. The normalized spacial score (nSPS) is 14.4. The molecule has 2 heterocycles. The van der Waals surface area contributed by atoms with Crippen LogP contribution in [0.15, 0.2) is 48.5 Å². The zero-order valence-electron chi connectivity index (χ0n) is 15.2. The number of thiophene rings is 1. The minimum Gasteiger partial charge on any atom is -0.477 e. The van der Waals surface area contributed by atoms with Crippen molar-refractivity contribution >= 4 is 46.0 Å². The number of amides is 1. The van der Waals surface area contributed by atoms with E-state index < -0.39 is 5.97 Å². The predicted molar refractivity (Wildman–Crippen MR) is 118 cm³/mol. The lowest BCUT2D eigenvalue weighted by Crippen LogP contribution is -2.28. The molecule has 1 amide bonds. The smallest absolute Gasteiger partial charge is 0.410 e. The third kappa shape index (κ3) is 3.03. The number of rotatable bonds is 3. The topological polar surface area (TPSA) is 66.8 Å². The van der Waals surface area contributed by atoms with Crippen molar-refractivity contribution in [1.82, 2.24) is 4.90 Å². The van der Waals surface area contributed by atoms with Crippen LogP contribution in [0.2, 0.25) is 0 Å². The molecule has 1 aliphatic heterocycles. The molecule has 1 aromatic heterocycles. The van der Waals surface area contributed by atoms with Gasteiger partial charge in [-0.15, -0.1) is 11.3 Å². The van der Waals surface area contributed by atoms with Gasteiger partial charge in [0.25, 0.3) is 0 Å². The molecule has 5 nitrogen and oxygen atoms in total. The van der Waals surface area contributed by atoms with Gasteiger partial charge in [0.15, 0.2) is 0 Å². The maximum absolute atomic E-state index is 12.7. The summed E-state index contributed by atoms with van der Waals surface area (Å²) in [4.78, 5) is 26.9. The summed E-state index contributed by atoms with van der Waals surface area (Å²) in [6.45, 7) is 1.09. The summed E-state index contributed by atoms with van der Waals surface area (Å²) in [6.07, 6.45) is -0.358. The molecule has 0 saturated heterocycles. The van der Waals surface area contributed by atoms with Crippen LogP contribution in [-0.2, 0) is 17.8 Å². The van der Waals surface area contributed by atoms with E-state index in [1.165, 1.54) is 33.6 Å². The van der Waals surface area contributed by atoms with E-state index in [0.717, 1.165) is 14.0 Å². The molecule has 5 rings (SSSR count). The number of benzene rings is 2. The van der Waals surface area contributed by atoms with Crippen molar-refractivity contribution in [3.05, 3.63) is 78.5 Å². The Kier molecular flexibility index (Phi) is 4.59. The Bertz CT molecular complexity index is 1110. The summed E-state index contributed by atoms with van der Waals surface area (Å²) >= 11 is 3.30. The van der Waals surface area contributed by atoms with Gasteiger partial charge in [0, 0.05) is 19.9 Å². The Balaban J connectivity index is 1.31. The fourth-order valence-electron chi connectivity index (χ4n) is 4.15. The van der Waals surface area contributed by atoms with E-state index in [1.807, 2.05) is 24.3 Å². The van der Waals surface area contributed by atoms with Crippen LogP contribution in [0.4, 0.5) is 4.79 Å². The average Bonchev–Trinajstić information content (AvgIpc) is 3.37. The van der Waals surface area contributed by atoms with Gasteiger partial charge in [0.1, 0.15) is 11.5 Å². The van der Waals surface area contributed by atoms with Gasteiger partial charge >= 0.3 is 12.1 Å². The van der Waals surface area contributed by atoms with Crippen molar-refractivity contribution in [2.45, 2.75) is 19.0 Å². The maximum Gasteiger partial charge on any atom is 0.410 e. The first-order valence-electron chi connectivity index (χ1n) is 9.18. The van der Waals surface area contributed by atoms with Crippen LogP contribution in [0.25, 0.3) is 11.1 Å².